The zero-order valence-electron chi connectivity index (χ0n) is 31.0. The molecule has 3 saturated heterocycles. The largest absolute Gasteiger partial charge is 0.461 e. The molecule has 0 amide bonds. The summed E-state index contributed by atoms with van der Waals surface area (Å²) >= 11 is 0. The molecule has 1 aromatic heterocycles. The molecular weight excluding hydrogens is 680 g/mol. The summed E-state index contributed by atoms with van der Waals surface area (Å²) in [4.78, 5) is 17.1. The lowest BCUT2D eigenvalue weighted by atomic mass is 9.72. The smallest absolute Gasteiger partial charge is 0.318 e. The fraction of sp³-hybridized carbons (Fsp3) is 0.477. The van der Waals surface area contributed by atoms with E-state index in [0.29, 0.717) is 63.9 Å². The first kappa shape index (κ1) is 35.2. The maximum absolute atomic E-state index is 14.7. The van der Waals surface area contributed by atoms with Gasteiger partial charge in [-0.2, -0.15) is 15.2 Å². The second-order valence-electron chi connectivity index (χ2n) is 15.8. The predicted octanol–water partition coefficient (Wildman–Crippen LogP) is 7.04. The first-order valence-electron chi connectivity index (χ1n) is 19.8. The van der Waals surface area contributed by atoms with Crippen molar-refractivity contribution in [1.29, 1.82) is 5.26 Å². The Balaban J connectivity index is 1.10. The van der Waals surface area contributed by atoms with Crippen molar-refractivity contribution in [3.63, 3.8) is 0 Å². The van der Waals surface area contributed by atoms with Crippen LogP contribution in [0.1, 0.15) is 77.6 Å². The minimum atomic E-state index is -0.829. The van der Waals surface area contributed by atoms with Crippen LogP contribution in [-0.4, -0.2) is 72.6 Å². The van der Waals surface area contributed by atoms with E-state index in [1.807, 2.05) is 12.1 Å². The van der Waals surface area contributed by atoms with Gasteiger partial charge in [0.05, 0.1) is 35.7 Å². The van der Waals surface area contributed by atoms with Crippen LogP contribution in [0.3, 0.4) is 0 Å². The maximum Gasteiger partial charge on any atom is 0.318 e. The van der Waals surface area contributed by atoms with E-state index in [0.717, 1.165) is 93.1 Å². The van der Waals surface area contributed by atoms with Crippen molar-refractivity contribution in [2.75, 3.05) is 55.8 Å². The Morgan fingerprint density at radius 2 is 1.70 bits per heavy atom. The van der Waals surface area contributed by atoms with Gasteiger partial charge in [-0.1, -0.05) is 66.7 Å². The van der Waals surface area contributed by atoms with E-state index in [1.165, 1.54) is 16.7 Å². The zero-order chi connectivity index (χ0) is 36.5. The van der Waals surface area contributed by atoms with Gasteiger partial charge in [0.1, 0.15) is 30.3 Å². The fourth-order valence-electron chi connectivity index (χ4n) is 9.84. The average molecular weight is 729 g/mol. The SMILES string of the molecule is N#Cc1c(N(Cc2ccccc2)Cc2ccccc2)ccc2c1C1(CCC2)Cc2nc(OC[C@@]34CCCN3C[C@H](F)C4)nc(N3CCCOCC3)c2CO1. The molecule has 1 unspecified atom stereocenters. The van der Waals surface area contributed by atoms with Gasteiger partial charge in [0, 0.05) is 63.3 Å². The van der Waals surface area contributed by atoms with E-state index < -0.39 is 11.8 Å². The summed E-state index contributed by atoms with van der Waals surface area (Å²) < 4.78 is 34.1. The molecule has 3 aromatic carbocycles. The van der Waals surface area contributed by atoms with Gasteiger partial charge in [-0.05, 0) is 67.8 Å². The summed E-state index contributed by atoms with van der Waals surface area (Å²) in [6.45, 7) is 6.32. The Kier molecular flexibility index (Phi) is 9.72. The number of halogens is 1. The monoisotopic (exact) mass is 728 g/mol. The Bertz CT molecular complexity index is 1960. The molecule has 9 nitrogen and oxygen atoms in total. The number of hydrogen-bond donors (Lipinski definition) is 0. The summed E-state index contributed by atoms with van der Waals surface area (Å²) in [5.74, 6) is 0.841. The highest BCUT2D eigenvalue weighted by Gasteiger charge is 2.50. The summed E-state index contributed by atoms with van der Waals surface area (Å²) in [6.07, 6.45) is 5.70. The molecular formula is C44H49FN6O3. The number of anilines is 2. The second kappa shape index (κ2) is 14.9. The van der Waals surface area contributed by atoms with E-state index in [4.69, 9.17) is 24.2 Å². The van der Waals surface area contributed by atoms with Gasteiger partial charge in [-0.3, -0.25) is 4.90 Å². The third kappa shape index (κ3) is 6.71. The molecule has 54 heavy (non-hydrogen) atoms. The number of alkyl halides is 1. The van der Waals surface area contributed by atoms with Gasteiger partial charge in [-0.15, -0.1) is 0 Å². The zero-order valence-corrected chi connectivity index (χ0v) is 31.0. The van der Waals surface area contributed by atoms with Crippen LogP contribution in [0, 0.1) is 11.3 Å². The summed E-state index contributed by atoms with van der Waals surface area (Å²) in [5.41, 5.74) is 7.01. The van der Waals surface area contributed by atoms with Gasteiger partial charge < -0.3 is 24.0 Å². The number of aryl methyl sites for hydroxylation is 1. The molecule has 10 heteroatoms. The Hall–Kier alpha value is -4.56. The Morgan fingerprint density at radius 1 is 0.907 bits per heavy atom. The molecule has 0 radical (unpaired) electrons. The first-order valence-corrected chi connectivity index (χ1v) is 19.8. The number of fused-ring (bicyclic) bond motifs is 4. The fourth-order valence-corrected chi connectivity index (χ4v) is 9.84. The molecule has 4 aliphatic heterocycles. The normalized spacial score (nSPS) is 25.0. The lowest BCUT2D eigenvalue weighted by molar-refractivity contribution is -0.0857. The van der Waals surface area contributed by atoms with E-state index >= 15 is 0 Å². The minimum Gasteiger partial charge on any atom is -0.461 e. The molecule has 1 aliphatic carbocycles. The van der Waals surface area contributed by atoms with Crippen LogP contribution in [0.4, 0.5) is 15.9 Å². The van der Waals surface area contributed by atoms with Crippen molar-refractivity contribution >= 4 is 11.5 Å². The first-order chi connectivity index (χ1) is 26.5. The summed E-state index contributed by atoms with van der Waals surface area (Å²) in [5, 5.41) is 11.1. The third-order valence-corrected chi connectivity index (χ3v) is 12.4. The van der Waals surface area contributed by atoms with Gasteiger partial charge >= 0.3 is 6.01 Å². The minimum absolute atomic E-state index is 0.300. The van der Waals surface area contributed by atoms with Gasteiger partial charge in [-0.25, -0.2) is 4.39 Å². The van der Waals surface area contributed by atoms with Crippen LogP contribution in [0.25, 0.3) is 0 Å². The van der Waals surface area contributed by atoms with E-state index in [1.54, 1.807) is 0 Å². The van der Waals surface area contributed by atoms with Gasteiger partial charge in [0.25, 0.3) is 0 Å². The second-order valence-corrected chi connectivity index (χ2v) is 15.8. The maximum atomic E-state index is 14.7. The number of ether oxygens (including phenoxy) is 3. The highest BCUT2D eigenvalue weighted by Crippen LogP contribution is 2.49. The number of aromatic nitrogens is 2. The van der Waals surface area contributed by atoms with E-state index in [9.17, 15) is 9.65 Å². The highest BCUT2D eigenvalue weighted by molar-refractivity contribution is 5.67. The number of benzene rings is 3. The van der Waals surface area contributed by atoms with Crippen LogP contribution in [0.2, 0.25) is 0 Å². The van der Waals surface area contributed by atoms with Crippen LogP contribution < -0.4 is 14.5 Å². The van der Waals surface area contributed by atoms with Gasteiger partial charge in [0.15, 0.2) is 0 Å². The summed E-state index contributed by atoms with van der Waals surface area (Å²) in [6, 6.07) is 28.3. The molecule has 4 aromatic rings. The third-order valence-electron chi connectivity index (χ3n) is 12.4. The molecule has 1 spiro atoms. The lowest BCUT2D eigenvalue weighted by Gasteiger charge is -2.44. The Morgan fingerprint density at radius 3 is 2.48 bits per heavy atom. The van der Waals surface area contributed by atoms with E-state index in [-0.39, 0.29) is 5.54 Å². The van der Waals surface area contributed by atoms with Crippen molar-refractivity contribution in [2.24, 2.45) is 0 Å². The predicted molar refractivity (Wildman–Crippen MR) is 205 cm³/mol. The molecule has 9 rings (SSSR count). The quantitative estimate of drug-likeness (QED) is 0.180. The van der Waals surface area contributed by atoms with Gasteiger partial charge in [0.2, 0.25) is 0 Å². The highest BCUT2D eigenvalue weighted by atomic mass is 19.1. The molecule has 280 valence electrons. The molecule has 0 saturated carbocycles. The topological polar surface area (TPSA) is 87.0 Å². The standard InChI is InChI=1S/C44H49FN6O3/c45-35-24-43(17-8-20-51(43)29-35)31-53-42-47-38-25-44(54-30-37(38)41(48-42)49-19-9-22-52-23-21-49)18-7-14-34-15-16-39(36(26-46)40(34)44)50(27-32-10-3-1-4-11-32)28-33-12-5-2-6-13-33/h1-6,10-13,15-16,35H,7-9,14,17-25,27-31H2/t35-,43+,44?/m1/s1. The molecule has 5 heterocycles. The molecule has 0 N–H and O–H groups in total. The van der Waals surface area contributed by atoms with Crippen molar-refractivity contribution in [2.45, 2.75) is 88.4 Å². The van der Waals surface area contributed by atoms with Crippen LogP contribution in [0.5, 0.6) is 6.01 Å². The Labute approximate surface area is 317 Å². The number of nitriles is 1. The number of nitrogens with zero attached hydrogens (tertiary/aromatic N) is 6. The van der Waals surface area contributed by atoms with Crippen molar-refractivity contribution in [1.82, 2.24) is 14.9 Å². The molecule has 3 atom stereocenters. The van der Waals surface area contributed by atoms with E-state index in [2.05, 4.69) is 81.4 Å². The number of rotatable bonds is 9. The number of hydrogen-bond acceptors (Lipinski definition) is 9. The van der Waals surface area contributed by atoms with Crippen molar-refractivity contribution in [3.05, 3.63) is 112 Å². The average Bonchev–Trinajstić information content (AvgIpc) is 3.58. The van der Waals surface area contributed by atoms with Crippen LogP contribution in [0.15, 0.2) is 72.8 Å². The van der Waals surface area contributed by atoms with Crippen LogP contribution in [-0.2, 0) is 47.6 Å². The van der Waals surface area contributed by atoms with Crippen LogP contribution >= 0.6 is 0 Å². The molecule has 0 bridgehead atoms. The summed E-state index contributed by atoms with van der Waals surface area (Å²) in [7, 11) is 0. The molecule has 3 fully saturated rings. The van der Waals surface area contributed by atoms with Crippen molar-refractivity contribution in [3.8, 4) is 12.1 Å². The lowest BCUT2D eigenvalue weighted by Crippen LogP contribution is -2.44. The van der Waals surface area contributed by atoms with Crippen molar-refractivity contribution < 1.29 is 18.6 Å². The molecule has 5 aliphatic rings.